The number of aliphatic hydroxyl groups is 4. The van der Waals surface area contributed by atoms with Crippen LogP contribution in [-0.4, -0.2) is 57.3 Å². The van der Waals surface area contributed by atoms with Gasteiger partial charge in [0.15, 0.2) is 0 Å². The van der Waals surface area contributed by atoms with Crippen LogP contribution in [-0.2, 0) is 4.79 Å². The molecule has 0 aliphatic carbocycles. The van der Waals surface area contributed by atoms with Gasteiger partial charge in [0.1, 0.15) is 12.2 Å². The molecule has 1 amide bonds. The van der Waals surface area contributed by atoms with Gasteiger partial charge in [0.25, 0.3) is 0 Å². The first-order chi connectivity index (χ1) is 27.0. The van der Waals surface area contributed by atoms with Crippen LogP contribution < -0.4 is 5.32 Å². The van der Waals surface area contributed by atoms with Gasteiger partial charge in [0.05, 0.1) is 18.8 Å². The molecule has 0 spiro atoms. The molecule has 0 bridgehead atoms. The minimum atomic E-state index is -1.29. The molecule has 4 unspecified atom stereocenters. The molecule has 0 radical (unpaired) electrons. The molecule has 0 saturated carbocycles. The zero-order valence-corrected chi connectivity index (χ0v) is 36.7. The van der Waals surface area contributed by atoms with Crippen molar-refractivity contribution in [3.63, 3.8) is 0 Å². The monoisotopic (exact) mass is 778 g/mol. The lowest BCUT2D eigenvalue weighted by Crippen LogP contribution is -2.53. The normalized spacial score (nSPS) is 14.2. The van der Waals surface area contributed by atoms with E-state index in [1.54, 1.807) is 0 Å². The standard InChI is InChI=1S/C49H95NO5/c1-3-5-7-9-11-13-15-17-18-19-20-21-22-23-24-25-26-27-28-29-30-31-33-35-37-39-41-43-47(53)49(55)50-45(44-51)48(54)46(52)42-40-38-36-34-32-16-14-12-10-8-6-4-2/h12,14,34,36,45-48,51-54H,3-11,13,15-33,35,37-44H2,1-2H3,(H,50,55)/b14-12+,36-34+. The maximum absolute atomic E-state index is 12.5. The highest BCUT2D eigenvalue weighted by Crippen LogP contribution is 2.17. The van der Waals surface area contributed by atoms with Crippen LogP contribution in [0.2, 0.25) is 0 Å². The first-order valence-electron chi connectivity index (χ1n) is 24.2. The third kappa shape index (κ3) is 38.1. The predicted octanol–water partition coefficient (Wildman–Crippen LogP) is 13.1. The molecule has 326 valence electrons. The number of allylic oxidation sites excluding steroid dienone is 4. The number of amides is 1. The Morgan fingerprint density at radius 1 is 0.436 bits per heavy atom. The van der Waals surface area contributed by atoms with Gasteiger partial charge in [-0.15, -0.1) is 0 Å². The minimum Gasteiger partial charge on any atom is -0.394 e. The van der Waals surface area contributed by atoms with Crippen molar-refractivity contribution in [3.8, 4) is 0 Å². The molecule has 6 nitrogen and oxygen atoms in total. The fourth-order valence-electron chi connectivity index (χ4n) is 7.54. The maximum atomic E-state index is 12.5. The van der Waals surface area contributed by atoms with Gasteiger partial charge in [-0.2, -0.15) is 0 Å². The lowest BCUT2D eigenvalue weighted by Gasteiger charge is -2.27. The molecule has 5 N–H and O–H groups in total. The second-order valence-corrected chi connectivity index (χ2v) is 16.8. The van der Waals surface area contributed by atoms with Crippen LogP contribution in [0.3, 0.4) is 0 Å². The van der Waals surface area contributed by atoms with E-state index in [4.69, 9.17) is 0 Å². The highest BCUT2D eigenvalue weighted by atomic mass is 16.3. The molecule has 4 atom stereocenters. The third-order valence-corrected chi connectivity index (χ3v) is 11.4. The van der Waals surface area contributed by atoms with Crippen LogP contribution >= 0.6 is 0 Å². The average molecular weight is 778 g/mol. The van der Waals surface area contributed by atoms with Gasteiger partial charge in [-0.1, -0.05) is 224 Å². The van der Waals surface area contributed by atoms with Crippen molar-refractivity contribution in [1.29, 1.82) is 0 Å². The van der Waals surface area contributed by atoms with E-state index in [9.17, 15) is 25.2 Å². The Hall–Kier alpha value is -1.21. The van der Waals surface area contributed by atoms with Crippen molar-refractivity contribution in [3.05, 3.63) is 24.3 Å². The molecular weight excluding hydrogens is 683 g/mol. The third-order valence-electron chi connectivity index (χ3n) is 11.4. The number of carbonyl (C=O) groups is 1. The van der Waals surface area contributed by atoms with E-state index in [-0.39, 0.29) is 0 Å². The van der Waals surface area contributed by atoms with Crippen LogP contribution in [0, 0.1) is 0 Å². The van der Waals surface area contributed by atoms with Crippen LogP contribution in [0.15, 0.2) is 24.3 Å². The molecule has 0 aromatic carbocycles. The van der Waals surface area contributed by atoms with E-state index >= 15 is 0 Å². The van der Waals surface area contributed by atoms with Gasteiger partial charge in [-0.3, -0.25) is 4.79 Å². The quantitative estimate of drug-likeness (QED) is 0.0313. The van der Waals surface area contributed by atoms with Gasteiger partial charge in [-0.05, 0) is 51.4 Å². The molecule has 0 aliphatic rings. The first-order valence-corrected chi connectivity index (χ1v) is 24.2. The summed E-state index contributed by atoms with van der Waals surface area (Å²) in [5, 5.41) is 43.6. The minimum absolute atomic E-state index is 0.364. The number of nitrogens with one attached hydrogen (secondary N) is 1. The zero-order valence-electron chi connectivity index (χ0n) is 36.7. The summed E-state index contributed by atoms with van der Waals surface area (Å²) >= 11 is 0. The summed E-state index contributed by atoms with van der Waals surface area (Å²) in [6.07, 6.45) is 51.0. The molecule has 0 fully saturated rings. The molecule has 0 saturated heterocycles. The first kappa shape index (κ1) is 53.8. The van der Waals surface area contributed by atoms with Gasteiger partial charge in [-0.25, -0.2) is 0 Å². The smallest absolute Gasteiger partial charge is 0.249 e. The molecule has 0 aromatic heterocycles. The maximum Gasteiger partial charge on any atom is 0.249 e. The second-order valence-electron chi connectivity index (χ2n) is 16.8. The summed E-state index contributed by atoms with van der Waals surface area (Å²) in [7, 11) is 0. The Labute approximate surface area is 342 Å². The molecule has 0 heterocycles. The van der Waals surface area contributed by atoms with Gasteiger partial charge < -0.3 is 25.7 Å². The summed E-state index contributed by atoms with van der Waals surface area (Å²) in [6, 6.07) is -1.00. The van der Waals surface area contributed by atoms with Crippen molar-refractivity contribution in [1.82, 2.24) is 5.32 Å². The van der Waals surface area contributed by atoms with Crippen molar-refractivity contribution >= 4 is 5.91 Å². The highest BCUT2D eigenvalue weighted by Gasteiger charge is 2.28. The molecule has 0 aromatic rings. The van der Waals surface area contributed by atoms with Crippen molar-refractivity contribution in [2.75, 3.05) is 6.61 Å². The van der Waals surface area contributed by atoms with E-state index in [0.717, 1.165) is 44.9 Å². The van der Waals surface area contributed by atoms with Crippen LogP contribution in [0.4, 0.5) is 0 Å². The second kappa shape index (κ2) is 43.9. The van der Waals surface area contributed by atoms with Crippen molar-refractivity contribution in [2.24, 2.45) is 0 Å². The van der Waals surface area contributed by atoms with Crippen LogP contribution in [0.5, 0.6) is 0 Å². The lowest BCUT2D eigenvalue weighted by atomic mass is 10.00. The van der Waals surface area contributed by atoms with E-state index in [1.165, 1.54) is 173 Å². The fourth-order valence-corrected chi connectivity index (χ4v) is 7.54. The Balaban J connectivity index is 3.62. The van der Waals surface area contributed by atoms with Crippen LogP contribution in [0.25, 0.3) is 0 Å². The number of unbranched alkanes of at least 4 members (excludes halogenated alkanes) is 31. The van der Waals surface area contributed by atoms with E-state index in [2.05, 4.69) is 43.5 Å². The fraction of sp³-hybridized carbons (Fsp3) is 0.898. The Morgan fingerprint density at radius 3 is 1.15 bits per heavy atom. The molecule has 0 rings (SSSR count). The van der Waals surface area contributed by atoms with Gasteiger partial charge in [0, 0.05) is 0 Å². The summed E-state index contributed by atoms with van der Waals surface area (Å²) in [6.45, 7) is 4.01. The lowest BCUT2D eigenvalue weighted by molar-refractivity contribution is -0.132. The van der Waals surface area contributed by atoms with Crippen molar-refractivity contribution in [2.45, 2.75) is 276 Å². The average Bonchev–Trinajstić information content (AvgIpc) is 3.19. The Bertz CT molecular complexity index is 832. The zero-order chi connectivity index (χ0) is 40.3. The number of hydrogen-bond donors (Lipinski definition) is 5. The number of carbonyl (C=O) groups excluding carboxylic acids is 1. The Morgan fingerprint density at radius 2 is 0.764 bits per heavy atom. The number of hydrogen-bond acceptors (Lipinski definition) is 5. The topological polar surface area (TPSA) is 110 Å². The molecule has 0 aliphatic heterocycles. The highest BCUT2D eigenvalue weighted by molar-refractivity contribution is 5.80. The van der Waals surface area contributed by atoms with E-state index in [0.29, 0.717) is 19.3 Å². The summed E-state index contributed by atoms with van der Waals surface area (Å²) in [5.41, 5.74) is 0. The molecule has 55 heavy (non-hydrogen) atoms. The summed E-state index contributed by atoms with van der Waals surface area (Å²) < 4.78 is 0. The number of aliphatic hydroxyl groups excluding tert-OH is 4. The van der Waals surface area contributed by atoms with Gasteiger partial charge in [0.2, 0.25) is 5.91 Å². The SMILES string of the molecule is CCCCC/C=C/CC/C=C/CCCC(O)C(O)C(CO)NC(=O)C(O)CCCCCCCCCCCCCCCCCCCCCCCCCCCCC. The van der Waals surface area contributed by atoms with E-state index in [1.807, 2.05) is 0 Å². The van der Waals surface area contributed by atoms with Gasteiger partial charge >= 0.3 is 0 Å². The van der Waals surface area contributed by atoms with E-state index < -0.39 is 36.9 Å². The molecule has 6 heteroatoms. The summed E-state index contributed by atoms with van der Waals surface area (Å²) in [4.78, 5) is 12.5. The largest absolute Gasteiger partial charge is 0.394 e. The number of rotatable bonds is 44. The Kier molecular flexibility index (Phi) is 42.9. The van der Waals surface area contributed by atoms with Crippen LogP contribution in [0.1, 0.15) is 251 Å². The predicted molar refractivity (Wildman–Crippen MR) is 237 cm³/mol. The molecular formula is C49H95NO5. The van der Waals surface area contributed by atoms with Crippen molar-refractivity contribution < 1.29 is 25.2 Å². The summed E-state index contributed by atoms with van der Waals surface area (Å²) in [5.74, 6) is -0.595.